The standard InChI is InChI=1S/C7H10O3/c8-4-6-10-7-3-1-2-5-9-7/h1-3,8H,4-6H2. The van der Waals surface area contributed by atoms with E-state index in [-0.39, 0.29) is 6.61 Å². The molecule has 0 aromatic rings. The fraction of sp³-hybridized carbons (Fsp3) is 0.429. The summed E-state index contributed by atoms with van der Waals surface area (Å²) in [6.45, 7) is 0.862. The van der Waals surface area contributed by atoms with Crippen LogP contribution in [0, 0.1) is 0 Å². The summed E-state index contributed by atoms with van der Waals surface area (Å²) in [6, 6.07) is 0. The lowest BCUT2D eigenvalue weighted by Gasteiger charge is -2.10. The molecule has 0 aliphatic carbocycles. The highest BCUT2D eigenvalue weighted by atomic mass is 16.7. The van der Waals surface area contributed by atoms with Crippen LogP contribution >= 0.6 is 0 Å². The highest BCUT2D eigenvalue weighted by molar-refractivity contribution is 5.07. The van der Waals surface area contributed by atoms with E-state index in [0.717, 1.165) is 0 Å². The molecule has 0 amide bonds. The Labute approximate surface area is 59.6 Å². The quantitative estimate of drug-likeness (QED) is 0.620. The largest absolute Gasteiger partial charge is 0.463 e. The number of aliphatic hydroxyl groups is 1. The topological polar surface area (TPSA) is 38.7 Å². The van der Waals surface area contributed by atoms with Crippen LogP contribution < -0.4 is 0 Å². The molecule has 0 radical (unpaired) electrons. The van der Waals surface area contributed by atoms with Gasteiger partial charge in [-0.1, -0.05) is 6.08 Å². The molecule has 3 nitrogen and oxygen atoms in total. The monoisotopic (exact) mass is 142 g/mol. The number of allylic oxidation sites excluding steroid dienone is 2. The van der Waals surface area contributed by atoms with Gasteiger partial charge in [0.25, 0.3) is 5.95 Å². The normalized spacial score (nSPS) is 15.9. The summed E-state index contributed by atoms with van der Waals surface area (Å²) in [5, 5.41) is 8.37. The van der Waals surface area contributed by atoms with Crippen molar-refractivity contribution in [3.8, 4) is 0 Å². The Morgan fingerprint density at radius 2 is 2.60 bits per heavy atom. The first-order valence-corrected chi connectivity index (χ1v) is 3.17. The van der Waals surface area contributed by atoms with Crippen LogP contribution in [0.4, 0.5) is 0 Å². The lowest BCUT2D eigenvalue weighted by molar-refractivity contribution is 0.0285. The van der Waals surface area contributed by atoms with Crippen LogP contribution in [0.25, 0.3) is 0 Å². The summed E-state index contributed by atoms with van der Waals surface area (Å²) in [6.07, 6.45) is 5.46. The highest BCUT2D eigenvalue weighted by Crippen LogP contribution is 2.04. The summed E-state index contributed by atoms with van der Waals surface area (Å²) < 4.78 is 9.99. The summed E-state index contributed by atoms with van der Waals surface area (Å²) in [5.74, 6) is 0.483. The molecule has 0 bridgehead atoms. The lowest BCUT2D eigenvalue weighted by Crippen LogP contribution is -2.04. The number of ether oxygens (including phenoxy) is 2. The molecular weight excluding hydrogens is 132 g/mol. The Morgan fingerprint density at radius 3 is 3.20 bits per heavy atom. The van der Waals surface area contributed by atoms with Crippen LogP contribution in [0.1, 0.15) is 0 Å². The number of rotatable bonds is 3. The fourth-order valence-corrected chi connectivity index (χ4v) is 0.617. The fourth-order valence-electron chi connectivity index (χ4n) is 0.617. The molecule has 1 aliphatic heterocycles. The minimum atomic E-state index is 0.0183. The van der Waals surface area contributed by atoms with E-state index in [1.54, 1.807) is 6.08 Å². The second-order valence-electron chi connectivity index (χ2n) is 1.80. The third-order valence-electron chi connectivity index (χ3n) is 1.03. The minimum Gasteiger partial charge on any atom is -0.463 e. The molecule has 0 saturated heterocycles. The Hall–Kier alpha value is -0.960. The van der Waals surface area contributed by atoms with Gasteiger partial charge in [0, 0.05) is 6.08 Å². The molecule has 56 valence electrons. The van der Waals surface area contributed by atoms with Crippen LogP contribution in [-0.4, -0.2) is 24.9 Å². The molecule has 0 atom stereocenters. The summed E-state index contributed by atoms with van der Waals surface area (Å²) in [7, 11) is 0. The van der Waals surface area contributed by atoms with E-state index < -0.39 is 0 Å². The van der Waals surface area contributed by atoms with Crippen LogP contribution in [0.3, 0.4) is 0 Å². The molecule has 0 saturated carbocycles. The maximum absolute atomic E-state index is 8.37. The number of aliphatic hydroxyl groups excluding tert-OH is 1. The second-order valence-corrected chi connectivity index (χ2v) is 1.80. The number of hydrogen-bond acceptors (Lipinski definition) is 3. The molecule has 1 N–H and O–H groups in total. The van der Waals surface area contributed by atoms with E-state index in [0.29, 0.717) is 19.2 Å². The lowest BCUT2D eigenvalue weighted by atomic mass is 10.4. The molecule has 1 aliphatic rings. The summed E-state index contributed by atoms with van der Waals surface area (Å²) >= 11 is 0. The van der Waals surface area contributed by atoms with Crippen LogP contribution in [-0.2, 0) is 9.47 Å². The van der Waals surface area contributed by atoms with Gasteiger partial charge in [-0.05, 0) is 6.08 Å². The van der Waals surface area contributed by atoms with Gasteiger partial charge in [-0.3, -0.25) is 0 Å². The van der Waals surface area contributed by atoms with E-state index in [2.05, 4.69) is 0 Å². The Morgan fingerprint density at radius 1 is 1.70 bits per heavy atom. The van der Waals surface area contributed by atoms with Crippen molar-refractivity contribution in [1.29, 1.82) is 0 Å². The third kappa shape index (κ3) is 2.11. The van der Waals surface area contributed by atoms with Gasteiger partial charge in [-0.15, -0.1) is 0 Å². The molecule has 0 unspecified atom stereocenters. The molecule has 0 aromatic carbocycles. The Kier molecular flexibility index (Phi) is 2.83. The molecule has 3 heteroatoms. The summed E-state index contributed by atoms with van der Waals surface area (Å²) in [4.78, 5) is 0. The van der Waals surface area contributed by atoms with E-state index in [9.17, 15) is 0 Å². The first-order chi connectivity index (χ1) is 4.93. The third-order valence-corrected chi connectivity index (χ3v) is 1.03. The zero-order chi connectivity index (χ0) is 7.23. The van der Waals surface area contributed by atoms with Crippen molar-refractivity contribution in [2.24, 2.45) is 0 Å². The summed E-state index contributed by atoms with van der Waals surface area (Å²) in [5.41, 5.74) is 0. The average Bonchev–Trinajstić information content (AvgIpc) is 2.03. The van der Waals surface area contributed by atoms with Crippen molar-refractivity contribution in [2.45, 2.75) is 0 Å². The SMILES string of the molecule is OCCOC1=CC=CCO1. The second kappa shape index (κ2) is 3.95. The molecule has 0 fully saturated rings. The van der Waals surface area contributed by atoms with Crippen molar-refractivity contribution < 1.29 is 14.6 Å². The number of hydrogen-bond donors (Lipinski definition) is 1. The van der Waals surface area contributed by atoms with Crippen LogP contribution in [0.2, 0.25) is 0 Å². The highest BCUT2D eigenvalue weighted by Gasteiger charge is 1.98. The van der Waals surface area contributed by atoms with E-state index in [1.807, 2.05) is 12.2 Å². The maximum atomic E-state index is 8.37. The minimum absolute atomic E-state index is 0.0183. The van der Waals surface area contributed by atoms with Gasteiger partial charge in [0.2, 0.25) is 0 Å². The molecular formula is C7H10O3. The van der Waals surface area contributed by atoms with Crippen molar-refractivity contribution >= 4 is 0 Å². The molecule has 1 heterocycles. The predicted molar refractivity (Wildman–Crippen MR) is 36.2 cm³/mol. The van der Waals surface area contributed by atoms with Crippen molar-refractivity contribution in [3.63, 3.8) is 0 Å². The van der Waals surface area contributed by atoms with Gasteiger partial charge in [0.15, 0.2) is 0 Å². The van der Waals surface area contributed by atoms with Gasteiger partial charge < -0.3 is 14.6 Å². The Balaban J connectivity index is 2.25. The first-order valence-electron chi connectivity index (χ1n) is 3.17. The van der Waals surface area contributed by atoms with Crippen molar-refractivity contribution in [3.05, 3.63) is 24.2 Å². The van der Waals surface area contributed by atoms with E-state index in [1.165, 1.54) is 0 Å². The maximum Gasteiger partial charge on any atom is 0.279 e. The van der Waals surface area contributed by atoms with Gasteiger partial charge in [-0.25, -0.2) is 0 Å². The van der Waals surface area contributed by atoms with Gasteiger partial charge in [0.05, 0.1) is 6.61 Å². The first kappa shape index (κ1) is 7.15. The van der Waals surface area contributed by atoms with Crippen LogP contribution in [0.15, 0.2) is 24.2 Å². The van der Waals surface area contributed by atoms with Crippen molar-refractivity contribution in [2.75, 3.05) is 19.8 Å². The zero-order valence-corrected chi connectivity index (χ0v) is 5.62. The average molecular weight is 142 g/mol. The molecule has 1 rings (SSSR count). The Bertz CT molecular complexity index is 149. The molecule has 10 heavy (non-hydrogen) atoms. The van der Waals surface area contributed by atoms with Gasteiger partial charge in [0.1, 0.15) is 13.2 Å². The van der Waals surface area contributed by atoms with Crippen molar-refractivity contribution in [1.82, 2.24) is 0 Å². The zero-order valence-electron chi connectivity index (χ0n) is 5.62. The van der Waals surface area contributed by atoms with E-state index in [4.69, 9.17) is 14.6 Å². The molecule has 0 aromatic heterocycles. The molecule has 0 spiro atoms. The van der Waals surface area contributed by atoms with Gasteiger partial charge in [-0.2, -0.15) is 0 Å². The van der Waals surface area contributed by atoms with Crippen LogP contribution in [0.5, 0.6) is 0 Å². The van der Waals surface area contributed by atoms with E-state index >= 15 is 0 Å². The van der Waals surface area contributed by atoms with Gasteiger partial charge >= 0.3 is 0 Å². The predicted octanol–water partition coefficient (Wildman–Crippen LogP) is 0.423. The smallest absolute Gasteiger partial charge is 0.279 e.